The Morgan fingerprint density at radius 2 is 1.15 bits per heavy atom. The highest BCUT2D eigenvalue weighted by Gasteiger charge is 2.45. The van der Waals surface area contributed by atoms with Crippen LogP contribution in [0.2, 0.25) is 0 Å². The number of carbonyl (C=O) groups is 3. The topological polar surface area (TPSA) is 51.2 Å². The molecule has 1 aliphatic carbocycles. The second kappa shape index (κ2) is 6.96. The first-order chi connectivity index (χ1) is 13.1. The number of allylic oxidation sites excluding steroid dienone is 1. The fraction of sp³-hybridized carbons (Fsp3) is 0.0417. The minimum Gasteiger partial charge on any atom is -0.293 e. The van der Waals surface area contributed by atoms with Crippen LogP contribution < -0.4 is 0 Å². The summed E-state index contributed by atoms with van der Waals surface area (Å²) in [5.41, 5.74) is 3.36. The predicted octanol–water partition coefficient (Wildman–Crippen LogP) is 4.24. The van der Waals surface area contributed by atoms with Crippen LogP contribution in [0.5, 0.6) is 0 Å². The Morgan fingerprint density at radius 1 is 0.593 bits per heavy atom. The molecule has 1 atom stereocenters. The molecule has 0 N–H and O–H groups in total. The molecule has 0 radical (unpaired) electrons. The summed E-state index contributed by atoms with van der Waals surface area (Å²) in [5, 5.41) is 0. The molecule has 0 amide bonds. The van der Waals surface area contributed by atoms with Crippen molar-refractivity contribution in [2.24, 2.45) is 0 Å². The number of ketones is 3. The average molecular weight is 352 g/mol. The first-order valence-electron chi connectivity index (χ1n) is 8.70. The van der Waals surface area contributed by atoms with Crippen molar-refractivity contribution in [3.05, 3.63) is 102 Å². The Balaban J connectivity index is 1.65. The van der Waals surface area contributed by atoms with Crippen LogP contribution in [0, 0.1) is 0 Å². The van der Waals surface area contributed by atoms with Crippen molar-refractivity contribution in [2.75, 3.05) is 0 Å². The lowest BCUT2D eigenvalue weighted by Gasteiger charge is -2.05. The Kier molecular flexibility index (Phi) is 4.35. The van der Waals surface area contributed by atoms with Crippen molar-refractivity contribution in [1.82, 2.24) is 0 Å². The van der Waals surface area contributed by atoms with E-state index in [0.717, 1.165) is 11.1 Å². The van der Waals surface area contributed by atoms with Gasteiger partial charge in [0, 0.05) is 0 Å². The van der Waals surface area contributed by atoms with Gasteiger partial charge in [-0.2, -0.15) is 0 Å². The van der Waals surface area contributed by atoms with Crippen LogP contribution in [0.4, 0.5) is 0 Å². The van der Waals surface area contributed by atoms with Gasteiger partial charge in [-0.05, 0) is 28.3 Å². The van der Waals surface area contributed by atoms with Crippen LogP contribution in [0.3, 0.4) is 0 Å². The molecule has 1 fully saturated rings. The molecule has 130 valence electrons. The molecule has 1 saturated carbocycles. The van der Waals surface area contributed by atoms with Gasteiger partial charge in [-0.15, -0.1) is 0 Å². The van der Waals surface area contributed by atoms with Crippen LogP contribution in [-0.2, 0) is 14.4 Å². The molecule has 0 bridgehead atoms. The van der Waals surface area contributed by atoms with E-state index in [9.17, 15) is 14.4 Å². The number of hydrogen-bond acceptors (Lipinski definition) is 3. The van der Waals surface area contributed by atoms with Gasteiger partial charge in [0.25, 0.3) is 0 Å². The highest BCUT2D eigenvalue weighted by molar-refractivity contribution is 6.62. The Hall–Kier alpha value is -3.59. The van der Waals surface area contributed by atoms with Gasteiger partial charge in [-0.1, -0.05) is 84.9 Å². The van der Waals surface area contributed by atoms with E-state index >= 15 is 0 Å². The molecule has 27 heavy (non-hydrogen) atoms. The number of carbonyl (C=O) groups excluding carboxylic acids is 3. The largest absolute Gasteiger partial charge is 0.293 e. The molecule has 0 spiro atoms. The normalized spacial score (nSPS) is 18.3. The molecule has 0 saturated heterocycles. The zero-order chi connectivity index (χ0) is 18.8. The average Bonchev–Trinajstić information content (AvgIpc) is 2.93. The monoisotopic (exact) mass is 352 g/mol. The van der Waals surface area contributed by atoms with Gasteiger partial charge in [0.05, 0.1) is 5.57 Å². The fourth-order valence-electron chi connectivity index (χ4n) is 3.30. The molecular formula is C24H16O3. The van der Waals surface area contributed by atoms with Gasteiger partial charge in [0.1, 0.15) is 5.92 Å². The van der Waals surface area contributed by atoms with Crippen molar-refractivity contribution < 1.29 is 14.4 Å². The minimum atomic E-state index is -1.02. The summed E-state index contributed by atoms with van der Waals surface area (Å²) in [6, 6.07) is 26.2. The molecule has 0 heterocycles. The summed E-state index contributed by atoms with van der Waals surface area (Å²) >= 11 is 0. The summed E-state index contributed by atoms with van der Waals surface area (Å²) in [7, 11) is 0. The second-order valence-electron chi connectivity index (χ2n) is 6.45. The van der Waals surface area contributed by atoms with E-state index in [1.54, 1.807) is 30.3 Å². The third kappa shape index (κ3) is 3.15. The van der Waals surface area contributed by atoms with Gasteiger partial charge in [-0.25, -0.2) is 0 Å². The van der Waals surface area contributed by atoms with E-state index in [-0.39, 0.29) is 5.57 Å². The highest BCUT2D eigenvalue weighted by atomic mass is 16.2. The van der Waals surface area contributed by atoms with Crippen molar-refractivity contribution in [1.29, 1.82) is 0 Å². The molecule has 0 aromatic heterocycles. The van der Waals surface area contributed by atoms with E-state index in [2.05, 4.69) is 0 Å². The number of benzene rings is 3. The summed E-state index contributed by atoms with van der Waals surface area (Å²) in [5.74, 6) is -2.81. The lowest BCUT2D eigenvalue weighted by molar-refractivity contribution is -0.133. The molecule has 3 aromatic rings. The molecule has 3 aromatic carbocycles. The van der Waals surface area contributed by atoms with E-state index in [1.165, 1.54) is 6.08 Å². The first kappa shape index (κ1) is 16.9. The van der Waals surface area contributed by atoms with E-state index < -0.39 is 23.3 Å². The van der Waals surface area contributed by atoms with Gasteiger partial charge in [0.15, 0.2) is 5.78 Å². The van der Waals surface area contributed by atoms with Gasteiger partial charge >= 0.3 is 0 Å². The maximum Gasteiger partial charge on any atom is 0.233 e. The number of rotatable bonds is 3. The zero-order valence-corrected chi connectivity index (χ0v) is 14.5. The van der Waals surface area contributed by atoms with Crippen molar-refractivity contribution in [3.8, 4) is 11.1 Å². The molecule has 4 rings (SSSR count). The minimum absolute atomic E-state index is 0.0404. The van der Waals surface area contributed by atoms with Crippen molar-refractivity contribution in [3.63, 3.8) is 0 Å². The smallest absolute Gasteiger partial charge is 0.233 e. The molecule has 0 aliphatic heterocycles. The first-order valence-corrected chi connectivity index (χ1v) is 8.70. The predicted molar refractivity (Wildman–Crippen MR) is 104 cm³/mol. The fourth-order valence-corrected chi connectivity index (χ4v) is 3.30. The third-order valence-corrected chi connectivity index (χ3v) is 4.72. The molecule has 1 unspecified atom stereocenters. The summed E-state index contributed by atoms with van der Waals surface area (Å²) in [6.07, 6.45) is 1.51. The lowest BCUT2D eigenvalue weighted by Crippen LogP contribution is -2.14. The molecular weight excluding hydrogens is 336 g/mol. The Morgan fingerprint density at radius 3 is 1.78 bits per heavy atom. The highest BCUT2D eigenvalue weighted by Crippen LogP contribution is 2.31. The van der Waals surface area contributed by atoms with Crippen LogP contribution in [-0.4, -0.2) is 17.3 Å². The molecule has 1 aliphatic rings. The SMILES string of the molecule is O=C1C(=O)C(c2ccccc2)C(=O)/C1=C/c1ccc(-c2ccccc2)cc1. The molecule has 3 heteroatoms. The van der Waals surface area contributed by atoms with Crippen LogP contribution in [0.1, 0.15) is 17.0 Å². The summed E-state index contributed by atoms with van der Waals surface area (Å²) in [4.78, 5) is 37.4. The summed E-state index contributed by atoms with van der Waals surface area (Å²) < 4.78 is 0. The Bertz CT molecular complexity index is 1050. The standard InChI is InChI=1S/C24H16O3/c25-22-20(23(26)24(27)21(22)19-9-5-2-6-10-19)15-16-11-13-18(14-12-16)17-7-3-1-4-8-17/h1-15,21H/b20-15-. The van der Waals surface area contributed by atoms with Gasteiger partial charge < -0.3 is 0 Å². The Labute approximate surface area is 157 Å². The van der Waals surface area contributed by atoms with Crippen LogP contribution in [0.15, 0.2) is 90.5 Å². The maximum absolute atomic E-state index is 12.7. The van der Waals surface area contributed by atoms with E-state index in [1.807, 2.05) is 54.6 Å². The zero-order valence-electron chi connectivity index (χ0n) is 14.5. The van der Waals surface area contributed by atoms with Crippen molar-refractivity contribution in [2.45, 2.75) is 5.92 Å². The van der Waals surface area contributed by atoms with Gasteiger partial charge in [0.2, 0.25) is 11.6 Å². The number of hydrogen-bond donors (Lipinski definition) is 0. The van der Waals surface area contributed by atoms with E-state index in [0.29, 0.717) is 11.1 Å². The second-order valence-corrected chi connectivity index (χ2v) is 6.45. The summed E-state index contributed by atoms with van der Waals surface area (Å²) in [6.45, 7) is 0. The number of Topliss-reactive ketones (excluding diaryl/α,β-unsaturated/α-hetero) is 3. The maximum atomic E-state index is 12.7. The third-order valence-electron chi connectivity index (χ3n) is 4.72. The quantitative estimate of drug-likeness (QED) is 0.307. The lowest BCUT2D eigenvalue weighted by atomic mass is 9.95. The van der Waals surface area contributed by atoms with E-state index in [4.69, 9.17) is 0 Å². The van der Waals surface area contributed by atoms with Gasteiger partial charge in [-0.3, -0.25) is 14.4 Å². The van der Waals surface area contributed by atoms with Crippen molar-refractivity contribution >= 4 is 23.4 Å². The van der Waals surface area contributed by atoms with Crippen LogP contribution in [0.25, 0.3) is 17.2 Å². The van der Waals surface area contributed by atoms with Crippen LogP contribution >= 0.6 is 0 Å². The molecule has 3 nitrogen and oxygen atoms in total.